The zero-order chi connectivity index (χ0) is 10.5. The summed E-state index contributed by atoms with van der Waals surface area (Å²) in [5.74, 6) is 0. The molecule has 0 amide bonds. The van der Waals surface area contributed by atoms with Crippen molar-refractivity contribution < 1.29 is 0 Å². The summed E-state index contributed by atoms with van der Waals surface area (Å²) in [6, 6.07) is 10.2. The molecule has 0 saturated heterocycles. The second kappa shape index (κ2) is 4.94. The Morgan fingerprint density at radius 1 is 1.27 bits per heavy atom. The third-order valence-corrected chi connectivity index (χ3v) is 3.29. The van der Waals surface area contributed by atoms with Gasteiger partial charge in [0.2, 0.25) is 0 Å². The highest BCUT2D eigenvalue weighted by Crippen LogP contribution is 2.15. The lowest BCUT2D eigenvalue weighted by molar-refractivity contribution is 1.09. The highest BCUT2D eigenvalue weighted by Gasteiger charge is 1.99. The molecule has 1 aromatic heterocycles. The fourth-order valence-electron chi connectivity index (χ4n) is 1.34. The first-order chi connectivity index (χ1) is 7.38. The lowest BCUT2D eigenvalue weighted by Crippen LogP contribution is -1.96. The normalized spacial score (nSPS) is 10.2. The van der Waals surface area contributed by atoms with Gasteiger partial charge in [0, 0.05) is 16.8 Å². The molecule has 0 unspecified atom stereocenters. The first-order valence-corrected chi connectivity index (χ1v) is 5.92. The van der Waals surface area contributed by atoms with Crippen LogP contribution in [-0.2, 0) is 13.0 Å². The smallest absolute Gasteiger partial charge is 0.0925 e. The van der Waals surface area contributed by atoms with Crippen molar-refractivity contribution in [2.24, 2.45) is 0 Å². The van der Waals surface area contributed by atoms with E-state index in [0.29, 0.717) is 0 Å². The van der Waals surface area contributed by atoms with E-state index in [4.69, 9.17) is 0 Å². The molecular weight excluding hydrogens is 204 g/mol. The van der Waals surface area contributed by atoms with Crippen LogP contribution in [0.1, 0.15) is 16.8 Å². The van der Waals surface area contributed by atoms with E-state index in [0.717, 1.165) is 18.7 Å². The number of anilines is 1. The van der Waals surface area contributed by atoms with E-state index < -0.39 is 0 Å². The second-order valence-corrected chi connectivity index (χ2v) is 4.49. The van der Waals surface area contributed by atoms with E-state index in [1.807, 2.05) is 24.4 Å². The van der Waals surface area contributed by atoms with Crippen molar-refractivity contribution in [2.75, 3.05) is 5.32 Å². The average Bonchev–Trinajstić information content (AvgIpc) is 2.76. The number of hydrogen-bond donors (Lipinski definition) is 1. The molecule has 0 aliphatic carbocycles. The largest absolute Gasteiger partial charge is 0.380 e. The maximum Gasteiger partial charge on any atom is 0.0925 e. The first kappa shape index (κ1) is 10.2. The maximum absolute atomic E-state index is 4.33. The molecule has 0 radical (unpaired) electrons. The van der Waals surface area contributed by atoms with Gasteiger partial charge in [0.1, 0.15) is 0 Å². The number of hydrogen-bond acceptors (Lipinski definition) is 3. The van der Waals surface area contributed by atoms with Crippen LogP contribution in [0.25, 0.3) is 0 Å². The minimum Gasteiger partial charge on any atom is -0.380 e. The standard InChI is InChI=1S/C12H14N2S/c1-2-12-14-9-11(15-12)8-13-10-6-4-3-5-7-10/h3-7,9,13H,2,8H2,1H3. The molecule has 2 rings (SSSR count). The van der Waals surface area contributed by atoms with Crippen LogP contribution in [0.3, 0.4) is 0 Å². The second-order valence-electron chi connectivity index (χ2n) is 3.29. The number of thiazole rings is 1. The lowest BCUT2D eigenvalue weighted by atomic mass is 10.3. The Labute approximate surface area is 94.0 Å². The van der Waals surface area contributed by atoms with Gasteiger partial charge in [-0.1, -0.05) is 25.1 Å². The molecule has 0 aliphatic heterocycles. The average molecular weight is 218 g/mol. The summed E-state index contributed by atoms with van der Waals surface area (Å²) in [6.45, 7) is 2.99. The predicted octanol–water partition coefficient (Wildman–Crippen LogP) is 3.32. The van der Waals surface area contributed by atoms with Crippen LogP contribution in [0.4, 0.5) is 5.69 Å². The summed E-state index contributed by atoms with van der Waals surface area (Å²) in [7, 11) is 0. The molecule has 15 heavy (non-hydrogen) atoms. The summed E-state index contributed by atoms with van der Waals surface area (Å²) in [5.41, 5.74) is 1.16. The Balaban J connectivity index is 1.93. The molecule has 0 spiro atoms. The Kier molecular flexibility index (Phi) is 3.35. The number of para-hydroxylation sites is 1. The van der Waals surface area contributed by atoms with Gasteiger partial charge in [-0.15, -0.1) is 11.3 Å². The molecule has 1 N–H and O–H groups in total. The SMILES string of the molecule is CCc1ncc(CNc2ccccc2)s1. The van der Waals surface area contributed by atoms with E-state index in [-0.39, 0.29) is 0 Å². The van der Waals surface area contributed by atoms with Gasteiger partial charge in [0.15, 0.2) is 0 Å². The summed E-state index contributed by atoms with van der Waals surface area (Å²) in [6.07, 6.45) is 2.98. The molecule has 2 nitrogen and oxygen atoms in total. The number of aryl methyl sites for hydroxylation is 1. The number of aromatic nitrogens is 1. The van der Waals surface area contributed by atoms with E-state index >= 15 is 0 Å². The van der Waals surface area contributed by atoms with Crippen molar-refractivity contribution in [1.82, 2.24) is 4.98 Å². The summed E-state index contributed by atoms with van der Waals surface area (Å²) >= 11 is 1.78. The van der Waals surface area contributed by atoms with Crippen LogP contribution in [0.2, 0.25) is 0 Å². The van der Waals surface area contributed by atoms with Gasteiger partial charge in [-0.25, -0.2) is 4.98 Å². The molecule has 3 heteroatoms. The molecule has 1 heterocycles. The van der Waals surface area contributed by atoms with E-state index in [2.05, 4.69) is 29.4 Å². The minimum atomic E-state index is 0.863. The molecule has 0 fully saturated rings. The molecule has 0 saturated carbocycles. The highest BCUT2D eigenvalue weighted by atomic mass is 32.1. The number of nitrogens with one attached hydrogen (secondary N) is 1. The Hall–Kier alpha value is -1.35. The van der Waals surface area contributed by atoms with Crippen molar-refractivity contribution in [3.63, 3.8) is 0 Å². The highest BCUT2D eigenvalue weighted by molar-refractivity contribution is 7.11. The van der Waals surface area contributed by atoms with Crippen LogP contribution in [0, 0.1) is 0 Å². The molecule has 78 valence electrons. The van der Waals surface area contributed by atoms with Crippen LogP contribution in [-0.4, -0.2) is 4.98 Å². The first-order valence-electron chi connectivity index (χ1n) is 5.11. The molecule has 2 aromatic rings. The number of nitrogens with zero attached hydrogens (tertiary/aromatic N) is 1. The summed E-state index contributed by atoms with van der Waals surface area (Å²) < 4.78 is 0. The van der Waals surface area contributed by atoms with Gasteiger partial charge in [-0.3, -0.25) is 0 Å². The quantitative estimate of drug-likeness (QED) is 0.851. The number of rotatable bonds is 4. The van der Waals surface area contributed by atoms with Gasteiger partial charge in [-0.2, -0.15) is 0 Å². The van der Waals surface area contributed by atoms with Gasteiger partial charge in [0.25, 0.3) is 0 Å². The molecular formula is C12H14N2S. The van der Waals surface area contributed by atoms with Crippen molar-refractivity contribution in [3.8, 4) is 0 Å². The van der Waals surface area contributed by atoms with Gasteiger partial charge in [0.05, 0.1) is 11.6 Å². The monoisotopic (exact) mass is 218 g/mol. The maximum atomic E-state index is 4.33. The van der Waals surface area contributed by atoms with Crippen LogP contribution < -0.4 is 5.32 Å². The van der Waals surface area contributed by atoms with Crippen molar-refractivity contribution >= 4 is 17.0 Å². The van der Waals surface area contributed by atoms with Crippen LogP contribution >= 0.6 is 11.3 Å². The van der Waals surface area contributed by atoms with E-state index in [1.165, 1.54) is 9.88 Å². The Morgan fingerprint density at radius 2 is 2.07 bits per heavy atom. The van der Waals surface area contributed by atoms with E-state index in [1.54, 1.807) is 11.3 Å². The van der Waals surface area contributed by atoms with Gasteiger partial charge >= 0.3 is 0 Å². The summed E-state index contributed by atoms with van der Waals surface area (Å²) in [4.78, 5) is 5.61. The van der Waals surface area contributed by atoms with Crippen LogP contribution in [0.5, 0.6) is 0 Å². The van der Waals surface area contributed by atoms with Crippen molar-refractivity contribution in [2.45, 2.75) is 19.9 Å². The van der Waals surface area contributed by atoms with E-state index in [9.17, 15) is 0 Å². The minimum absolute atomic E-state index is 0.863. The molecule has 1 aromatic carbocycles. The van der Waals surface area contributed by atoms with Crippen LogP contribution in [0.15, 0.2) is 36.5 Å². The molecule has 0 bridgehead atoms. The molecule has 0 aliphatic rings. The fraction of sp³-hybridized carbons (Fsp3) is 0.250. The van der Waals surface area contributed by atoms with Crippen molar-refractivity contribution in [1.29, 1.82) is 0 Å². The third-order valence-electron chi connectivity index (χ3n) is 2.14. The summed E-state index contributed by atoms with van der Waals surface area (Å²) in [5, 5.41) is 4.58. The predicted molar refractivity (Wildman–Crippen MR) is 65.3 cm³/mol. The Morgan fingerprint density at radius 3 is 2.73 bits per heavy atom. The number of benzene rings is 1. The Bertz CT molecular complexity index is 409. The third kappa shape index (κ3) is 2.80. The molecule has 0 atom stereocenters. The van der Waals surface area contributed by atoms with Gasteiger partial charge in [-0.05, 0) is 18.6 Å². The topological polar surface area (TPSA) is 24.9 Å². The lowest BCUT2D eigenvalue weighted by Gasteiger charge is -2.02. The zero-order valence-corrected chi connectivity index (χ0v) is 9.55. The van der Waals surface area contributed by atoms with Gasteiger partial charge < -0.3 is 5.32 Å². The van der Waals surface area contributed by atoms with Crippen molar-refractivity contribution in [3.05, 3.63) is 46.4 Å². The zero-order valence-electron chi connectivity index (χ0n) is 8.73. The fourth-order valence-corrected chi connectivity index (χ4v) is 2.14.